The number of hydrogen-bond donors (Lipinski definition) is 0. The zero-order valence-corrected chi connectivity index (χ0v) is 7.46. The third kappa shape index (κ3) is 1.70. The predicted molar refractivity (Wildman–Crippen MR) is 43.0 cm³/mol. The van der Waals surface area contributed by atoms with Gasteiger partial charge < -0.3 is 0 Å². The lowest BCUT2D eigenvalue weighted by molar-refractivity contribution is 1.18. The molecule has 0 saturated carbocycles. The Kier molecular flexibility index (Phi) is 2.14. The third-order valence-corrected chi connectivity index (χ3v) is 3.72. The lowest BCUT2D eigenvalue weighted by Crippen LogP contribution is -1.95. The van der Waals surface area contributed by atoms with Crippen molar-refractivity contribution >= 4 is 24.2 Å². The number of rotatable bonds is 1. The van der Waals surface area contributed by atoms with Crippen molar-refractivity contribution in [2.45, 2.75) is 6.92 Å². The van der Waals surface area contributed by atoms with Gasteiger partial charge in [-0.25, -0.2) is 4.98 Å². The topological polar surface area (TPSA) is 25.8 Å². The van der Waals surface area contributed by atoms with Crippen molar-refractivity contribution in [1.29, 1.82) is 0 Å². The first kappa shape index (κ1) is 7.10. The number of nitrogens with zero attached hydrogens (tertiary/aromatic N) is 2. The van der Waals surface area contributed by atoms with E-state index in [-0.39, 0.29) is 7.92 Å². The molecular weight excluding hydrogens is 151 g/mol. The maximum atomic E-state index is 4.25. The van der Waals surface area contributed by atoms with E-state index in [1.165, 1.54) is 16.3 Å². The summed E-state index contributed by atoms with van der Waals surface area (Å²) in [5.41, 5.74) is 0. The second kappa shape index (κ2) is 2.72. The molecule has 0 unspecified atom stereocenters. The molecule has 9 heavy (non-hydrogen) atoms. The van der Waals surface area contributed by atoms with Gasteiger partial charge in [0.05, 0.1) is 0 Å². The molecule has 1 rings (SSSR count). The van der Waals surface area contributed by atoms with Crippen LogP contribution in [0.5, 0.6) is 0 Å². The Hall–Kier alpha value is -0.0100. The molecule has 0 radical (unpaired) electrons. The van der Waals surface area contributed by atoms with Crippen LogP contribution in [-0.2, 0) is 0 Å². The highest BCUT2D eigenvalue weighted by Gasteiger charge is 2.02. The molecule has 0 atom stereocenters. The van der Waals surface area contributed by atoms with Crippen LogP contribution in [0.25, 0.3) is 0 Å². The molecule has 0 aliphatic heterocycles. The van der Waals surface area contributed by atoms with Crippen LogP contribution in [-0.4, -0.2) is 22.7 Å². The largest absolute Gasteiger partial charge is 0.220 e. The highest BCUT2D eigenvalue weighted by Crippen LogP contribution is 2.23. The van der Waals surface area contributed by atoms with Crippen molar-refractivity contribution in [3.05, 3.63) is 5.82 Å². The average Bonchev–Trinajstić information content (AvgIpc) is 2.14. The normalized spacial score (nSPS) is 10.7. The Morgan fingerprint density at radius 2 is 2.11 bits per heavy atom. The number of aromatic nitrogens is 2. The van der Waals surface area contributed by atoms with Crippen LogP contribution in [0.2, 0.25) is 0 Å². The third-order valence-electron chi connectivity index (χ3n) is 0.899. The second-order valence-electron chi connectivity index (χ2n) is 2.02. The lowest BCUT2D eigenvalue weighted by Gasteiger charge is -1.93. The monoisotopic (exact) mass is 160 g/mol. The minimum Gasteiger partial charge on any atom is -0.220 e. The Labute approximate surface area is 60.2 Å². The van der Waals surface area contributed by atoms with Gasteiger partial charge >= 0.3 is 0 Å². The average molecular weight is 160 g/mol. The van der Waals surface area contributed by atoms with E-state index in [0.717, 1.165) is 5.82 Å². The smallest absolute Gasteiger partial charge is 0.139 e. The molecule has 0 aliphatic carbocycles. The first-order valence-corrected chi connectivity index (χ1v) is 5.69. The molecule has 0 N–H and O–H groups in total. The molecule has 0 aromatic carbocycles. The maximum absolute atomic E-state index is 4.25. The maximum Gasteiger partial charge on any atom is 0.139 e. The summed E-state index contributed by atoms with van der Waals surface area (Å²) in [6, 6.07) is 0. The van der Waals surface area contributed by atoms with Crippen molar-refractivity contribution in [1.82, 2.24) is 9.36 Å². The highest BCUT2D eigenvalue weighted by atomic mass is 32.1. The van der Waals surface area contributed by atoms with Crippen LogP contribution in [0.4, 0.5) is 0 Å². The van der Waals surface area contributed by atoms with Crippen LogP contribution in [0, 0.1) is 6.92 Å². The number of hydrogen-bond acceptors (Lipinski definition) is 3. The van der Waals surface area contributed by atoms with Crippen LogP contribution < -0.4 is 4.75 Å². The standard InChI is InChI=1S/C5H9N2PS/c1-4-6-5(8(2)3)9-7-4/h1-3H3. The van der Waals surface area contributed by atoms with Crippen molar-refractivity contribution in [3.63, 3.8) is 0 Å². The minimum atomic E-state index is -0.0298. The minimum absolute atomic E-state index is 0.0298. The molecule has 2 nitrogen and oxygen atoms in total. The number of aryl methyl sites for hydroxylation is 1. The summed E-state index contributed by atoms with van der Waals surface area (Å²) in [6.45, 7) is 6.31. The molecule has 0 fully saturated rings. The summed E-state index contributed by atoms with van der Waals surface area (Å²) in [5.74, 6) is 0.909. The van der Waals surface area contributed by atoms with E-state index in [9.17, 15) is 0 Å². The van der Waals surface area contributed by atoms with E-state index in [0.29, 0.717) is 0 Å². The van der Waals surface area contributed by atoms with Crippen molar-refractivity contribution in [2.75, 3.05) is 13.3 Å². The molecule has 0 spiro atoms. The predicted octanol–water partition coefficient (Wildman–Crippen LogP) is 1.21. The van der Waals surface area contributed by atoms with Crippen molar-refractivity contribution in [2.24, 2.45) is 0 Å². The van der Waals surface area contributed by atoms with Crippen LogP contribution >= 0.6 is 19.5 Å². The van der Waals surface area contributed by atoms with Crippen molar-refractivity contribution in [3.8, 4) is 0 Å². The van der Waals surface area contributed by atoms with Crippen molar-refractivity contribution < 1.29 is 0 Å². The van der Waals surface area contributed by atoms with Crippen LogP contribution in [0.3, 0.4) is 0 Å². The van der Waals surface area contributed by atoms with Gasteiger partial charge in [0, 0.05) is 0 Å². The van der Waals surface area contributed by atoms with E-state index in [2.05, 4.69) is 22.7 Å². The fraction of sp³-hybridized carbons (Fsp3) is 0.600. The molecule has 0 amide bonds. The van der Waals surface area contributed by atoms with Gasteiger partial charge in [0.25, 0.3) is 0 Å². The van der Waals surface area contributed by atoms with Gasteiger partial charge in [-0.1, -0.05) is 0 Å². The van der Waals surface area contributed by atoms with Gasteiger partial charge in [0.1, 0.15) is 10.6 Å². The van der Waals surface area contributed by atoms with Gasteiger partial charge in [-0.05, 0) is 39.7 Å². The summed E-state index contributed by atoms with van der Waals surface area (Å²) in [7, 11) is -0.0298. The molecular formula is C5H9N2PS. The molecule has 1 aromatic rings. The Morgan fingerprint density at radius 1 is 1.44 bits per heavy atom. The highest BCUT2D eigenvalue weighted by molar-refractivity contribution is 7.69. The fourth-order valence-corrected chi connectivity index (χ4v) is 2.02. The molecule has 1 aromatic heterocycles. The summed E-state index contributed by atoms with van der Waals surface area (Å²) in [4.78, 5) is 4.25. The fourth-order valence-electron chi connectivity index (χ4n) is 0.468. The van der Waals surface area contributed by atoms with Gasteiger partial charge in [0.15, 0.2) is 0 Å². The summed E-state index contributed by atoms with van der Waals surface area (Å²) in [6.07, 6.45) is 0. The first-order chi connectivity index (χ1) is 4.20. The first-order valence-electron chi connectivity index (χ1n) is 2.68. The van der Waals surface area contributed by atoms with Gasteiger partial charge in [-0.2, -0.15) is 4.37 Å². The summed E-state index contributed by atoms with van der Waals surface area (Å²) in [5, 5.41) is 0. The molecule has 0 bridgehead atoms. The van der Waals surface area contributed by atoms with E-state index in [1.54, 1.807) is 0 Å². The Morgan fingerprint density at radius 3 is 2.33 bits per heavy atom. The Balaban J connectivity index is 2.85. The molecule has 0 aliphatic rings. The van der Waals surface area contributed by atoms with E-state index in [4.69, 9.17) is 0 Å². The summed E-state index contributed by atoms with van der Waals surface area (Å²) < 4.78 is 5.28. The van der Waals surface area contributed by atoms with E-state index < -0.39 is 0 Å². The lowest BCUT2D eigenvalue weighted by atomic mass is 10.8. The zero-order chi connectivity index (χ0) is 6.85. The quantitative estimate of drug-likeness (QED) is 0.577. The molecule has 4 heteroatoms. The second-order valence-corrected chi connectivity index (χ2v) is 5.29. The zero-order valence-electron chi connectivity index (χ0n) is 5.75. The molecule has 0 saturated heterocycles. The van der Waals surface area contributed by atoms with E-state index in [1.807, 2.05) is 6.92 Å². The van der Waals surface area contributed by atoms with Gasteiger partial charge in [-0.3, -0.25) is 0 Å². The summed E-state index contributed by atoms with van der Waals surface area (Å²) >= 11 is 1.53. The van der Waals surface area contributed by atoms with Gasteiger partial charge in [0.2, 0.25) is 0 Å². The van der Waals surface area contributed by atoms with Gasteiger partial charge in [-0.15, -0.1) is 0 Å². The molecule has 50 valence electrons. The van der Waals surface area contributed by atoms with E-state index >= 15 is 0 Å². The SMILES string of the molecule is Cc1nsc(P(C)C)n1. The van der Waals surface area contributed by atoms with Crippen LogP contribution in [0.15, 0.2) is 0 Å². The van der Waals surface area contributed by atoms with Crippen LogP contribution in [0.1, 0.15) is 5.82 Å². The molecule has 1 heterocycles. The Bertz CT molecular complexity index is 197.